The SMILES string of the molecule is COc1cc([C@H]2CN3C(=O)CNC(=O)[C@]3(C)c3[nH]c4ccccc4c32)ccc1OC(C)C. The molecule has 2 aromatic carbocycles. The lowest BCUT2D eigenvalue weighted by Crippen LogP contribution is -2.66. The number of hydrogen-bond acceptors (Lipinski definition) is 4. The molecule has 0 unspecified atom stereocenters. The van der Waals surface area contributed by atoms with E-state index >= 15 is 0 Å². The number of H-pyrrole nitrogens is 1. The summed E-state index contributed by atoms with van der Waals surface area (Å²) < 4.78 is 11.5. The average Bonchev–Trinajstić information content (AvgIpc) is 3.17. The Morgan fingerprint density at radius 1 is 1.12 bits per heavy atom. The van der Waals surface area contributed by atoms with Crippen LogP contribution < -0.4 is 14.8 Å². The summed E-state index contributed by atoms with van der Waals surface area (Å²) >= 11 is 0. The van der Waals surface area contributed by atoms with E-state index in [9.17, 15) is 9.59 Å². The highest BCUT2D eigenvalue weighted by Gasteiger charge is 2.53. The summed E-state index contributed by atoms with van der Waals surface area (Å²) in [4.78, 5) is 31.2. The lowest BCUT2D eigenvalue weighted by molar-refractivity contribution is -0.154. The average molecular weight is 434 g/mol. The Morgan fingerprint density at radius 2 is 1.91 bits per heavy atom. The second kappa shape index (κ2) is 7.29. The van der Waals surface area contributed by atoms with Gasteiger partial charge in [0, 0.05) is 23.4 Å². The van der Waals surface area contributed by atoms with E-state index < -0.39 is 5.54 Å². The molecule has 2 aliphatic heterocycles. The number of carbonyl (C=O) groups excluding carboxylic acids is 2. The molecule has 2 amide bonds. The van der Waals surface area contributed by atoms with Gasteiger partial charge in [0.25, 0.3) is 5.91 Å². The van der Waals surface area contributed by atoms with Crippen LogP contribution in [0, 0.1) is 0 Å². The minimum absolute atomic E-state index is 0.0151. The van der Waals surface area contributed by atoms with Gasteiger partial charge in [0.2, 0.25) is 5.91 Å². The molecule has 7 nitrogen and oxygen atoms in total. The molecule has 0 bridgehead atoms. The second-order valence-electron chi connectivity index (χ2n) is 8.85. The number of aromatic amines is 1. The Morgan fingerprint density at radius 3 is 2.66 bits per heavy atom. The number of nitrogens with zero attached hydrogens (tertiary/aromatic N) is 1. The molecule has 0 spiro atoms. The minimum atomic E-state index is -1.08. The van der Waals surface area contributed by atoms with Gasteiger partial charge in [0.1, 0.15) is 0 Å². The van der Waals surface area contributed by atoms with Crippen molar-refractivity contribution in [3.63, 3.8) is 0 Å². The van der Waals surface area contributed by atoms with Crippen molar-refractivity contribution in [2.75, 3.05) is 20.2 Å². The molecular formula is C25H27N3O4. The molecule has 0 radical (unpaired) electrons. The quantitative estimate of drug-likeness (QED) is 0.662. The molecule has 166 valence electrons. The topological polar surface area (TPSA) is 83.7 Å². The first-order valence-electron chi connectivity index (χ1n) is 10.9. The molecule has 2 N–H and O–H groups in total. The van der Waals surface area contributed by atoms with Crippen LogP contribution in [0.25, 0.3) is 10.9 Å². The monoisotopic (exact) mass is 433 g/mol. The second-order valence-corrected chi connectivity index (χ2v) is 8.85. The lowest BCUT2D eigenvalue weighted by Gasteiger charge is -2.48. The van der Waals surface area contributed by atoms with Gasteiger partial charge in [-0.2, -0.15) is 0 Å². The number of rotatable bonds is 4. The normalized spacial score (nSPS) is 22.5. The summed E-state index contributed by atoms with van der Waals surface area (Å²) in [6.07, 6.45) is 0.0230. The third-order valence-corrected chi connectivity index (χ3v) is 6.58. The van der Waals surface area contributed by atoms with E-state index in [0.29, 0.717) is 18.0 Å². The van der Waals surface area contributed by atoms with Gasteiger partial charge in [0.15, 0.2) is 17.0 Å². The summed E-state index contributed by atoms with van der Waals surface area (Å²) in [6, 6.07) is 13.9. The fourth-order valence-corrected chi connectivity index (χ4v) is 5.04. The molecule has 1 fully saturated rings. The molecule has 0 aliphatic carbocycles. The smallest absolute Gasteiger partial charge is 0.252 e. The van der Waals surface area contributed by atoms with Crippen LogP contribution in [0.1, 0.15) is 43.5 Å². The van der Waals surface area contributed by atoms with Crippen LogP contribution in [0.5, 0.6) is 11.5 Å². The van der Waals surface area contributed by atoms with Crippen molar-refractivity contribution in [3.05, 3.63) is 59.3 Å². The number of hydrogen-bond donors (Lipinski definition) is 2. The third-order valence-electron chi connectivity index (χ3n) is 6.58. The number of ether oxygens (including phenoxy) is 2. The molecule has 3 aromatic rings. The van der Waals surface area contributed by atoms with Crippen molar-refractivity contribution in [1.82, 2.24) is 15.2 Å². The molecule has 32 heavy (non-hydrogen) atoms. The third kappa shape index (κ3) is 2.87. The van der Waals surface area contributed by atoms with Crippen LogP contribution in [-0.4, -0.2) is 48.0 Å². The van der Waals surface area contributed by atoms with E-state index in [-0.39, 0.29) is 30.4 Å². The first-order valence-corrected chi connectivity index (χ1v) is 10.9. The Bertz CT molecular complexity index is 1230. The van der Waals surface area contributed by atoms with E-state index in [1.165, 1.54) is 0 Å². The maximum Gasteiger partial charge on any atom is 0.252 e. The molecule has 2 atom stereocenters. The Labute approximate surface area is 186 Å². The predicted octanol–water partition coefficient (Wildman–Crippen LogP) is 3.28. The van der Waals surface area contributed by atoms with E-state index in [2.05, 4.69) is 16.4 Å². The van der Waals surface area contributed by atoms with Crippen LogP contribution in [-0.2, 0) is 15.1 Å². The Hall–Kier alpha value is -3.48. The predicted molar refractivity (Wildman–Crippen MR) is 121 cm³/mol. The minimum Gasteiger partial charge on any atom is -0.493 e. The van der Waals surface area contributed by atoms with Crippen molar-refractivity contribution >= 4 is 22.7 Å². The summed E-state index contributed by atoms with van der Waals surface area (Å²) in [6.45, 7) is 6.19. The van der Waals surface area contributed by atoms with Gasteiger partial charge in [-0.15, -0.1) is 0 Å². The van der Waals surface area contributed by atoms with Gasteiger partial charge in [-0.1, -0.05) is 24.3 Å². The van der Waals surface area contributed by atoms with Gasteiger partial charge < -0.3 is 24.7 Å². The number of amides is 2. The highest BCUT2D eigenvalue weighted by molar-refractivity contribution is 6.01. The zero-order chi connectivity index (χ0) is 22.6. The maximum atomic E-state index is 13.1. The van der Waals surface area contributed by atoms with Crippen molar-refractivity contribution in [1.29, 1.82) is 0 Å². The zero-order valence-corrected chi connectivity index (χ0v) is 18.7. The zero-order valence-electron chi connectivity index (χ0n) is 18.7. The van der Waals surface area contributed by atoms with Crippen molar-refractivity contribution in [3.8, 4) is 11.5 Å². The molecule has 5 rings (SSSR count). The van der Waals surface area contributed by atoms with Gasteiger partial charge in [-0.3, -0.25) is 9.59 Å². The van der Waals surface area contributed by atoms with E-state index in [1.54, 1.807) is 12.0 Å². The maximum absolute atomic E-state index is 13.1. The fourth-order valence-electron chi connectivity index (χ4n) is 5.04. The van der Waals surface area contributed by atoms with E-state index in [4.69, 9.17) is 9.47 Å². The largest absolute Gasteiger partial charge is 0.493 e. The Kier molecular flexibility index (Phi) is 4.65. The van der Waals surface area contributed by atoms with Crippen LogP contribution >= 0.6 is 0 Å². The molecule has 3 heterocycles. The number of aromatic nitrogens is 1. The van der Waals surface area contributed by atoms with Crippen molar-refractivity contribution in [2.24, 2.45) is 0 Å². The summed E-state index contributed by atoms with van der Waals surface area (Å²) in [5, 5.41) is 3.82. The number of nitrogens with one attached hydrogen (secondary N) is 2. The van der Waals surface area contributed by atoms with Crippen LogP contribution in [0.4, 0.5) is 0 Å². The number of methoxy groups -OCH3 is 1. The number of fused-ring (bicyclic) bond motifs is 5. The Balaban J connectivity index is 1.72. The molecule has 1 aromatic heterocycles. The standard InChI is InChI=1S/C25H27N3O4/c1-14(2)32-19-10-9-15(11-20(19)31-4)17-13-28-21(29)12-26-24(30)25(28,3)23-22(17)16-7-5-6-8-18(16)27-23/h5-11,14,17,27H,12-13H2,1-4H3,(H,26,30)/t17-,25+/m1/s1. The van der Waals surface area contributed by atoms with Crippen LogP contribution in [0.15, 0.2) is 42.5 Å². The summed E-state index contributed by atoms with van der Waals surface area (Å²) in [5.41, 5.74) is 2.68. The first-order chi connectivity index (χ1) is 15.3. The summed E-state index contributed by atoms with van der Waals surface area (Å²) in [5.74, 6) is 0.953. The van der Waals surface area contributed by atoms with Gasteiger partial charge in [-0.05, 0) is 50.1 Å². The molecule has 0 saturated carbocycles. The van der Waals surface area contributed by atoms with E-state index in [1.807, 2.05) is 57.2 Å². The molecular weight excluding hydrogens is 406 g/mol. The first kappa shape index (κ1) is 20.4. The molecule has 2 aliphatic rings. The van der Waals surface area contributed by atoms with Gasteiger partial charge >= 0.3 is 0 Å². The van der Waals surface area contributed by atoms with Crippen molar-refractivity contribution < 1.29 is 19.1 Å². The molecule has 1 saturated heterocycles. The highest BCUT2D eigenvalue weighted by Crippen LogP contribution is 2.47. The van der Waals surface area contributed by atoms with E-state index in [0.717, 1.165) is 27.7 Å². The van der Waals surface area contributed by atoms with Crippen LogP contribution in [0.2, 0.25) is 0 Å². The molecule has 7 heteroatoms. The number of piperazine rings is 1. The van der Waals surface area contributed by atoms with Gasteiger partial charge in [-0.25, -0.2) is 0 Å². The number of para-hydroxylation sites is 1. The highest BCUT2D eigenvalue weighted by atomic mass is 16.5. The van der Waals surface area contributed by atoms with Crippen molar-refractivity contribution in [2.45, 2.75) is 38.3 Å². The van der Waals surface area contributed by atoms with Gasteiger partial charge in [0.05, 0.1) is 25.5 Å². The number of carbonyl (C=O) groups is 2. The van der Waals surface area contributed by atoms with Crippen LogP contribution in [0.3, 0.4) is 0 Å². The summed E-state index contributed by atoms with van der Waals surface area (Å²) in [7, 11) is 1.62. The lowest BCUT2D eigenvalue weighted by atomic mass is 9.76. The number of benzene rings is 2. The fraction of sp³-hybridized carbons (Fsp3) is 0.360.